The second-order valence-electron chi connectivity index (χ2n) is 5.27. The van der Waals surface area contributed by atoms with E-state index in [0.717, 1.165) is 24.2 Å². The van der Waals surface area contributed by atoms with Gasteiger partial charge in [-0.1, -0.05) is 13.0 Å². The fraction of sp³-hybridized carbons (Fsp3) is 0.625. The summed E-state index contributed by atoms with van der Waals surface area (Å²) in [6, 6.07) is 7.43. The summed E-state index contributed by atoms with van der Waals surface area (Å²) < 4.78 is 6.35. The summed E-state index contributed by atoms with van der Waals surface area (Å²) >= 11 is 3.72. The van der Waals surface area contributed by atoms with Crippen molar-refractivity contribution >= 4 is 21.6 Å². The molecule has 3 nitrogen and oxygen atoms in total. The van der Waals surface area contributed by atoms with Crippen LogP contribution in [0.1, 0.15) is 39.3 Å². The topological polar surface area (TPSA) is 24.5 Å². The Morgan fingerprint density at radius 1 is 1.30 bits per heavy atom. The summed E-state index contributed by atoms with van der Waals surface area (Å²) in [7, 11) is 1.74. The van der Waals surface area contributed by atoms with Crippen LogP contribution in [-0.2, 0) is 4.74 Å². The van der Waals surface area contributed by atoms with Gasteiger partial charge in [-0.05, 0) is 60.9 Å². The van der Waals surface area contributed by atoms with Crippen LogP contribution in [0.5, 0.6) is 0 Å². The molecule has 1 rings (SSSR count). The monoisotopic (exact) mass is 342 g/mol. The number of nitrogens with zero attached hydrogens (tertiary/aromatic N) is 1. The third kappa shape index (κ3) is 4.76. The molecule has 0 bridgehead atoms. The third-order valence-corrected chi connectivity index (χ3v) is 4.09. The fourth-order valence-corrected chi connectivity index (χ4v) is 2.92. The minimum atomic E-state index is 0.372. The van der Waals surface area contributed by atoms with Gasteiger partial charge in [-0.15, -0.1) is 0 Å². The average Bonchev–Trinajstić information content (AvgIpc) is 2.40. The lowest BCUT2D eigenvalue weighted by atomic mass is 10.1. The second-order valence-corrected chi connectivity index (χ2v) is 6.12. The van der Waals surface area contributed by atoms with Crippen molar-refractivity contribution in [3.63, 3.8) is 0 Å². The molecule has 1 unspecified atom stereocenters. The van der Waals surface area contributed by atoms with Gasteiger partial charge in [-0.3, -0.25) is 0 Å². The summed E-state index contributed by atoms with van der Waals surface area (Å²) in [5.41, 5.74) is 2.53. The van der Waals surface area contributed by atoms with Crippen LogP contribution in [0.15, 0.2) is 22.7 Å². The molecule has 0 saturated carbocycles. The van der Waals surface area contributed by atoms with Crippen LogP contribution in [0.2, 0.25) is 0 Å². The van der Waals surface area contributed by atoms with Crippen LogP contribution in [0.25, 0.3) is 0 Å². The van der Waals surface area contributed by atoms with Crippen molar-refractivity contribution in [3.8, 4) is 0 Å². The van der Waals surface area contributed by atoms with Crippen LogP contribution in [0.3, 0.4) is 0 Å². The smallest absolute Gasteiger partial charge is 0.0637 e. The van der Waals surface area contributed by atoms with Crippen molar-refractivity contribution in [1.29, 1.82) is 0 Å². The maximum Gasteiger partial charge on any atom is 0.0637 e. The van der Waals surface area contributed by atoms with Crippen LogP contribution in [-0.4, -0.2) is 32.8 Å². The summed E-state index contributed by atoms with van der Waals surface area (Å²) in [6.07, 6.45) is 0. The highest BCUT2D eigenvalue weighted by Gasteiger charge is 2.15. The Bertz CT molecular complexity index is 409. The first-order valence-corrected chi connectivity index (χ1v) is 8.09. The molecule has 1 aromatic rings. The van der Waals surface area contributed by atoms with Crippen molar-refractivity contribution in [1.82, 2.24) is 5.32 Å². The molecule has 1 aromatic carbocycles. The zero-order valence-electron chi connectivity index (χ0n) is 13.2. The van der Waals surface area contributed by atoms with Gasteiger partial charge in [0.15, 0.2) is 0 Å². The van der Waals surface area contributed by atoms with Crippen molar-refractivity contribution in [2.24, 2.45) is 0 Å². The van der Waals surface area contributed by atoms with Crippen molar-refractivity contribution < 1.29 is 4.74 Å². The molecule has 0 aliphatic carbocycles. The molecule has 0 radical (unpaired) electrons. The largest absolute Gasteiger partial charge is 0.383 e. The van der Waals surface area contributed by atoms with E-state index in [1.54, 1.807) is 7.11 Å². The van der Waals surface area contributed by atoms with Crippen molar-refractivity contribution in [3.05, 3.63) is 28.2 Å². The molecule has 0 aromatic heterocycles. The van der Waals surface area contributed by atoms with Crippen LogP contribution >= 0.6 is 15.9 Å². The van der Waals surface area contributed by atoms with Crippen molar-refractivity contribution in [2.75, 3.05) is 31.7 Å². The molecule has 4 heteroatoms. The predicted octanol–water partition coefficient (Wildman–Crippen LogP) is 3.98. The van der Waals surface area contributed by atoms with E-state index in [0.29, 0.717) is 12.1 Å². The number of hydrogen-bond acceptors (Lipinski definition) is 3. The van der Waals surface area contributed by atoms with E-state index in [4.69, 9.17) is 4.74 Å². The van der Waals surface area contributed by atoms with Crippen molar-refractivity contribution in [2.45, 2.75) is 39.8 Å². The van der Waals surface area contributed by atoms with Crippen LogP contribution < -0.4 is 10.2 Å². The van der Waals surface area contributed by atoms with E-state index >= 15 is 0 Å². The number of hydrogen-bond donors (Lipinski definition) is 1. The summed E-state index contributed by atoms with van der Waals surface area (Å²) in [4.78, 5) is 2.36. The predicted molar refractivity (Wildman–Crippen MR) is 90.6 cm³/mol. The fourth-order valence-electron chi connectivity index (χ4n) is 2.30. The highest BCUT2D eigenvalue weighted by Crippen LogP contribution is 2.30. The number of rotatable bonds is 8. The van der Waals surface area contributed by atoms with E-state index in [1.165, 1.54) is 11.3 Å². The first-order chi connectivity index (χ1) is 9.51. The second kappa shape index (κ2) is 8.65. The van der Waals surface area contributed by atoms with E-state index < -0.39 is 0 Å². The SMILES string of the molecule is CCNC(C)c1ccc(N(CCOC)C(C)C)c(Br)c1. The molecule has 20 heavy (non-hydrogen) atoms. The highest BCUT2D eigenvalue weighted by molar-refractivity contribution is 9.10. The Kier molecular flexibility index (Phi) is 7.56. The molecular weight excluding hydrogens is 316 g/mol. The maximum atomic E-state index is 5.21. The molecule has 0 saturated heterocycles. The van der Waals surface area contributed by atoms with E-state index in [9.17, 15) is 0 Å². The zero-order valence-corrected chi connectivity index (χ0v) is 14.8. The van der Waals surface area contributed by atoms with E-state index in [1.807, 2.05) is 0 Å². The van der Waals surface area contributed by atoms with E-state index in [-0.39, 0.29) is 0 Å². The quantitative estimate of drug-likeness (QED) is 0.773. The summed E-state index contributed by atoms with van der Waals surface area (Å²) in [5.74, 6) is 0. The third-order valence-electron chi connectivity index (χ3n) is 3.45. The molecule has 0 amide bonds. The first kappa shape index (κ1) is 17.5. The number of methoxy groups -OCH3 is 1. The van der Waals surface area contributed by atoms with Crippen LogP contribution in [0, 0.1) is 0 Å². The molecule has 0 spiro atoms. The van der Waals surface area contributed by atoms with E-state index in [2.05, 4.69) is 72.0 Å². The van der Waals surface area contributed by atoms with Gasteiger partial charge in [-0.2, -0.15) is 0 Å². The zero-order chi connectivity index (χ0) is 15.1. The van der Waals surface area contributed by atoms with Gasteiger partial charge in [0, 0.05) is 30.2 Å². The number of anilines is 1. The molecular formula is C16H27BrN2O. The van der Waals surface area contributed by atoms with Crippen LogP contribution in [0.4, 0.5) is 5.69 Å². The minimum absolute atomic E-state index is 0.372. The Labute approximate surface area is 131 Å². The Balaban J connectivity index is 2.94. The standard InChI is InChI=1S/C16H27BrN2O/c1-6-18-13(4)14-7-8-16(15(17)11-14)19(12(2)3)9-10-20-5/h7-8,11-13,18H,6,9-10H2,1-5H3. The Morgan fingerprint density at radius 2 is 2.00 bits per heavy atom. The molecule has 1 N–H and O–H groups in total. The lowest BCUT2D eigenvalue weighted by Gasteiger charge is -2.30. The number of benzene rings is 1. The molecule has 1 atom stereocenters. The number of nitrogens with one attached hydrogen (secondary N) is 1. The minimum Gasteiger partial charge on any atom is -0.383 e. The maximum absolute atomic E-state index is 5.21. The lowest BCUT2D eigenvalue weighted by Crippen LogP contribution is -2.34. The van der Waals surface area contributed by atoms with Gasteiger partial charge in [0.2, 0.25) is 0 Å². The van der Waals surface area contributed by atoms with Gasteiger partial charge in [0.1, 0.15) is 0 Å². The molecule has 0 heterocycles. The summed E-state index contributed by atoms with van der Waals surface area (Å²) in [5, 5.41) is 3.44. The van der Waals surface area contributed by atoms with Gasteiger partial charge < -0.3 is 15.0 Å². The molecule has 0 aliphatic rings. The van der Waals surface area contributed by atoms with Gasteiger partial charge in [-0.25, -0.2) is 0 Å². The number of halogens is 1. The number of ether oxygens (including phenoxy) is 1. The lowest BCUT2D eigenvalue weighted by molar-refractivity contribution is 0.204. The molecule has 0 fully saturated rings. The average molecular weight is 343 g/mol. The first-order valence-electron chi connectivity index (χ1n) is 7.29. The van der Waals surface area contributed by atoms with Gasteiger partial charge in [0.25, 0.3) is 0 Å². The van der Waals surface area contributed by atoms with Gasteiger partial charge in [0.05, 0.1) is 12.3 Å². The molecule has 114 valence electrons. The van der Waals surface area contributed by atoms with Gasteiger partial charge >= 0.3 is 0 Å². The Hall–Kier alpha value is -0.580. The normalized spacial score (nSPS) is 12.8. The highest BCUT2D eigenvalue weighted by atomic mass is 79.9. The Morgan fingerprint density at radius 3 is 2.50 bits per heavy atom. The molecule has 0 aliphatic heterocycles. The summed E-state index contributed by atoms with van der Waals surface area (Å²) in [6.45, 7) is 11.3.